The Morgan fingerprint density at radius 1 is 1.38 bits per heavy atom. The molecule has 1 fully saturated rings. The third kappa shape index (κ3) is 5.60. The normalized spacial score (nSPS) is 17.7. The van der Waals surface area contributed by atoms with E-state index in [4.69, 9.17) is 27.9 Å². The average molecular weight is 405 g/mol. The summed E-state index contributed by atoms with van der Waals surface area (Å²) in [6.45, 7) is 6.06. The van der Waals surface area contributed by atoms with Crippen LogP contribution in [-0.2, 0) is 16.1 Å². The van der Waals surface area contributed by atoms with E-state index in [1.54, 1.807) is 25.7 Å². The molecule has 0 bridgehead atoms. The van der Waals surface area contributed by atoms with Crippen LogP contribution in [0.5, 0.6) is 0 Å². The first-order chi connectivity index (χ1) is 12.1. The number of amides is 2. The van der Waals surface area contributed by atoms with Gasteiger partial charge in [0.2, 0.25) is 5.91 Å². The van der Waals surface area contributed by atoms with Gasteiger partial charge < -0.3 is 15.0 Å². The van der Waals surface area contributed by atoms with Gasteiger partial charge in [0.15, 0.2) is 0 Å². The molecule has 8 nitrogen and oxygen atoms in total. The molecule has 10 heteroatoms. The maximum absolute atomic E-state index is 12.2. The van der Waals surface area contributed by atoms with Crippen molar-refractivity contribution in [3.63, 3.8) is 0 Å². The number of rotatable bonds is 3. The zero-order valence-electron chi connectivity index (χ0n) is 14.9. The number of ether oxygens (including phenoxy) is 1. The predicted molar refractivity (Wildman–Crippen MR) is 97.5 cm³/mol. The van der Waals surface area contributed by atoms with Crippen LogP contribution in [0.4, 0.5) is 4.79 Å². The van der Waals surface area contributed by atoms with Crippen LogP contribution in [0.3, 0.4) is 0 Å². The Hall–Kier alpha value is -1.80. The van der Waals surface area contributed by atoms with Gasteiger partial charge in [0.1, 0.15) is 17.2 Å². The van der Waals surface area contributed by atoms with E-state index in [9.17, 15) is 14.4 Å². The molecular formula is C16H22Cl2N4O4. The van der Waals surface area contributed by atoms with Gasteiger partial charge in [0.25, 0.3) is 5.56 Å². The van der Waals surface area contributed by atoms with Gasteiger partial charge in [-0.2, -0.15) is 5.10 Å². The van der Waals surface area contributed by atoms with E-state index in [0.29, 0.717) is 13.1 Å². The lowest BCUT2D eigenvalue weighted by Gasteiger charge is -2.34. The summed E-state index contributed by atoms with van der Waals surface area (Å²) in [5, 5.41) is 6.47. The fraction of sp³-hybridized carbons (Fsp3) is 0.625. The maximum atomic E-state index is 12.2. The molecular weight excluding hydrogens is 383 g/mol. The van der Waals surface area contributed by atoms with Gasteiger partial charge in [0, 0.05) is 19.1 Å². The number of piperidine rings is 1. The van der Waals surface area contributed by atoms with Crippen LogP contribution in [0, 0.1) is 0 Å². The number of halogens is 2. The number of carbonyl (C=O) groups excluding carboxylic acids is 2. The minimum atomic E-state index is -0.631. The molecule has 144 valence electrons. The highest BCUT2D eigenvalue weighted by molar-refractivity contribution is 6.41. The smallest absolute Gasteiger partial charge is 0.410 e. The van der Waals surface area contributed by atoms with Crippen LogP contribution in [0.15, 0.2) is 11.0 Å². The summed E-state index contributed by atoms with van der Waals surface area (Å²) in [6.07, 6.45) is 2.28. The molecule has 2 amide bonds. The first kappa shape index (κ1) is 20.5. The fourth-order valence-corrected chi connectivity index (χ4v) is 2.83. The van der Waals surface area contributed by atoms with Crippen molar-refractivity contribution in [1.82, 2.24) is 20.0 Å². The molecule has 2 rings (SSSR count). The van der Waals surface area contributed by atoms with Crippen LogP contribution in [0.2, 0.25) is 10.0 Å². The van der Waals surface area contributed by atoms with E-state index in [0.717, 1.165) is 17.5 Å². The maximum Gasteiger partial charge on any atom is 0.410 e. The third-order valence-electron chi connectivity index (χ3n) is 3.67. The minimum absolute atomic E-state index is 0.0357. The molecule has 0 aromatic carbocycles. The molecule has 1 atom stereocenters. The second kappa shape index (κ2) is 8.26. The van der Waals surface area contributed by atoms with Crippen LogP contribution < -0.4 is 10.9 Å². The Labute approximate surface area is 161 Å². The molecule has 0 radical (unpaired) electrons. The molecule has 1 aromatic rings. The quantitative estimate of drug-likeness (QED) is 0.831. The predicted octanol–water partition coefficient (Wildman–Crippen LogP) is 2.07. The summed E-state index contributed by atoms with van der Waals surface area (Å²) < 4.78 is 6.30. The standard InChI is InChI=1S/C16H22Cl2N4O4/c1-16(2,3)26-15(25)21-6-4-5-10(8-21)20-12(23)9-22-14(24)13(18)11(17)7-19-22/h7,10H,4-6,8-9H2,1-3H3,(H,20,23). The molecule has 1 aromatic heterocycles. The summed E-state index contributed by atoms with van der Waals surface area (Å²) in [5.74, 6) is -0.394. The Morgan fingerprint density at radius 3 is 2.73 bits per heavy atom. The Balaban J connectivity index is 1.94. The van der Waals surface area contributed by atoms with Crippen molar-refractivity contribution >= 4 is 35.2 Å². The van der Waals surface area contributed by atoms with E-state index in [1.807, 2.05) is 0 Å². The molecule has 1 unspecified atom stereocenters. The van der Waals surface area contributed by atoms with Crippen molar-refractivity contribution in [3.8, 4) is 0 Å². The molecule has 0 saturated carbocycles. The van der Waals surface area contributed by atoms with E-state index >= 15 is 0 Å². The lowest BCUT2D eigenvalue weighted by molar-refractivity contribution is -0.123. The van der Waals surface area contributed by atoms with E-state index < -0.39 is 23.2 Å². The van der Waals surface area contributed by atoms with Crippen molar-refractivity contribution < 1.29 is 14.3 Å². The highest BCUT2D eigenvalue weighted by atomic mass is 35.5. The summed E-state index contributed by atoms with van der Waals surface area (Å²) >= 11 is 11.5. The highest BCUT2D eigenvalue weighted by Gasteiger charge is 2.28. The second-order valence-electron chi connectivity index (χ2n) is 7.10. The average Bonchev–Trinajstić information content (AvgIpc) is 2.54. The topological polar surface area (TPSA) is 93.5 Å². The zero-order valence-corrected chi connectivity index (χ0v) is 16.4. The fourth-order valence-electron chi connectivity index (χ4n) is 2.55. The summed E-state index contributed by atoms with van der Waals surface area (Å²) in [6, 6.07) is -0.220. The molecule has 0 aliphatic carbocycles. The van der Waals surface area contributed by atoms with Crippen molar-refractivity contribution in [2.24, 2.45) is 0 Å². The largest absolute Gasteiger partial charge is 0.444 e. The van der Waals surface area contributed by atoms with Gasteiger partial charge in [-0.25, -0.2) is 9.48 Å². The number of nitrogens with one attached hydrogen (secondary N) is 1. The van der Waals surface area contributed by atoms with Crippen LogP contribution in [-0.4, -0.2) is 51.4 Å². The van der Waals surface area contributed by atoms with Crippen LogP contribution >= 0.6 is 23.2 Å². The summed E-state index contributed by atoms with van der Waals surface area (Å²) in [4.78, 5) is 37.9. The first-order valence-corrected chi connectivity index (χ1v) is 9.01. The number of hydrogen-bond donors (Lipinski definition) is 1. The molecule has 1 saturated heterocycles. The van der Waals surface area contributed by atoms with Crippen molar-refractivity contribution in [3.05, 3.63) is 26.6 Å². The highest BCUT2D eigenvalue weighted by Crippen LogP contribution is 2.16. The number of nitrogens with zero attached hydrogens (tertiary/aromatic N) is 3. The molecule has 0 spiro atoms. The zero-order chi connectivity index (χ0) is 19.5. The molecule has 2 heterocycles. The van der Waals surface area contributed by atoms with Gasteiger partial charge >= 0.3 is 6.09 Å². The second-order valence-corrected chi connectivity index (χ2v) is 7.89. The van der Waals surface area contributed by atoms with E-state index in [1.165, 1.54) is 6.20 Å². The van der Waals surface area contributed by atoms with Crippen LogP contribution in [0.1, 0.15) is 33.6 Å². The summed E-state index contributed by atoms with van der Waals surface area (Å²) in [7, 11) is 0. The van der Waals surface area contributed by atoms with Crippen molar-refractivity contribution in [2.75, 3.05) is 13.1 Å². The van der Waals surface area contributed by atoms with Gasteiger partial charge in [-0.3, -0.25) is 9.59 Å². The molecule has 26 heavy (non-hydrogen) atoms. The number of hydrogen-bond acceptors (Lipinski definition) is 5. The van der Waals surface area contributed by atoms with E-state index in [2.05, 4.69) is 10.4 Å². The van der Waals surface area contributed by atoms with Gasteiger partial charge in [-0.05, 0) is 33.6 Å². The Bertz CT molecular complexity index is 745. The first-order valence-electron chi connectivity index (χ1n) is 8.25. The van der Waals surface area contributed by atoms with Crippen LogP contribution in [0.25, 0.3) is 0 Å². The third-order valence-corrected chi connectivity index (χ3v) is 4.42. The molecule has 1 aliphatic heterocycles. The van der Waals surface area contributed by atoms with Gasteiger partial charge in [0.05, 0.1) is 11.2 Å². The van der Waals surface area contributed by atoms with Gasteiger partial charge in [-0.1, -0.05) is 23.2 Å². The monoisotopic (exact) mass is 404 g/mol. The number of likely N-dealkylation sites (tertiary alicyclic amines) is 1. The molecule has 1 aliphatic rings. The lowest BCUT2D eigenvalue weighted by Crippen LogP contribution is -2.51. The van der Waals surface area contributed by atoms with Crippen molar-refractivity contribution in [1.29, 1.82) is 0 Å². The Kier molecular flexibility index (Phi) is 6.52. The van der Waals surface area contributed by atoms with E-state index in [-0.39, 0.29) is 22.6 Å². The molecule has 1 N–H and O–H groups in total. The Morgan fingerprint density at radius 2 is 2.08 bits per heavy atom. The summed E-state index contributed by atoms with van der Waals surface area (Å²) in [5.41, 5.74) is -1.21. The number of carbonyl (C=O) groups is 2. The number of aromatic nitrogens is 2. The van der Waals surface area contributed by atoms with Crippen molar-refractivity contribution in [2.45, 2.75) is 51.8 Å². The lowest BCUT2D eigenvalue weighted by atomic mass is 10.1. The minimum Gasteiger partial charge on any atom is -0.444 e. The van der Waals surface area contributed by atoms with Gasteiger partial charge in [-0.15, -0.1) is 0 Å². The SMILES string of the molecule is CC(C)(C)OC(=O)N1CCCC(NC(=O)Cn2ncc(Cl)c(Cl)c2=O)C1.